The van der Waals surface area contributed by atoms with Crippen LogP contribution in [0.5, 0.6) is 0 Å². The molecular weight excluding hydrogens is 452 g/mol. The number of H-pyrrole nitrogens is 1. The predicted molar refractivity (Wildman–Crippen MR) is 127 cm³/mol. The lowest BCUT2D eigenvalue weighted by Crippen LogP contribution is -2.39. The summed E-state index contributed by atoms with van der Waals surface area (Å²) >= 11 is 0. The molecule has 0 saturated heterocycles. The maximum Gasteiger partial charge on any atom is 0.329 e. The number of aromatic amines is 1. The van der Waals surface area contributed by atoms with E-state index in [9.17, 15) is 18.0 Å². The van der Waals surface area contributed by atoms with E-state index in [-0.39, 0.29) is 40.2 Å². The van der Waals surface area contributed by atoms with Gasteiger partial charge in [0.1, 0.15) is 10.5 Å². The van der Waals surface area contributed by atoms with Gasteiger partial charge >= 0.3 is 5.69 Å². The third-order valence-corrected chi connectivity index (χ3v) is 8.59. The Morgan fingerprint density at radius 2 is 1.65 bits per heavy atom. The SMILES string of the molecule is Cn1c(=O)[nH]c(=O)c2cc(S(=O)(=O)NCC3CC4c5ccccc5C3c3ccccc34)cnc21. The molecular formula is C25H22N4O4S. The average Bonchev–Trinajstić information content (AvgIpc) is 2.86. The van der Waals surface area contributed by atoms with Crippen molar-refractivity contribution in [2.75, 3.05) is 6.54 Å². The highest BCUT2D eigenvalue weighted by Crippen LogP contribution is 2.55. The van der Waals surface area contributed by atoms with Gasteiger partial charge in [-0.1, -0.05) is 48.5 Å². The Balaban J connectivity index is 1.33. The van der Waals surface area contributed by atoms with E-state index in [2.05, 4.69) is 51.1 Å². The first-order valence-electron chi connectivity index (χ1n) is 11.1. The summed E-state index contributed by atoms with van der Waals surface area (Å²) in [5.41, 5.74) is 4.04. The quantitative estimate of drug-likeness (QED) is 0.471. The molecule has 0 spiro atoms. The van der Waals surface area contributed by atoms with Gasteiger partial charge in [0.25, 0.3) is 5.56 Å². The van der Waals surface area contributed by atoms with E-state index in [0.29, 0.717) is 0 Å². The van der Waals surface area contributed by atoms with Crippen LogP contribution in [0.2, 0.25) is 0 Å². The van der Waals surface area contributed by atoms with Crippen LogP contribution in [-0.2, 0) is 17.1 Å². The highest BCUT2D eigenvalue weighted by molar-refractivity contribution is 7.89. The third-order valence-electron chi connectivity index (χ3n) is 7.20. The van der Waals surface area contributed by atoms with E-state index in [1.54, 1.807) is 0 Å². The van der Waals surface area contributed by atoms with Crippen LogP contribution >= 0.6 is 0 Å². The molecule has 2 aromatic heterocycles. The number of nitrogens with one attached hydrogen (secondary N) is 2. The van der Waals surface area contributed by atoms with Gasteiger partial charge in [0.05, 0.1) is 5.39 Å². The first kappa shape index (κ1) is 21.0. The summed E-state index contributed by atoms with van der Waals surface area (Å²) in [4.78, 5) is 30.2. The van der Waals surface area contributed by atoms with Gasteiger partial charge in [0.15, 0.2) is 0 Å². The molecule has 3 aliphatic rings. The molecule has 1 atom stereocenters. The van der Waals surface area contributed by atoms with Crippen LogP contribution < -0.4 is 16.0 Å². The van der Waals surface area contributed by atoms with Crippen molar-refractivity contribution in [3.63, 3.8) is 0 Å². The minimum Gasteiger partial charge on any atom is -0.281 e. The van der Waals surface area contributed by atoms with Crippen LogP contribution in [-0.4, -0.2) is 29.5 Å². The van der Waals surface area contributed by atoms with E-state index in [4.69, 9.17) is 0 Å². The number of pyridine rings is 1. The van der Waals surface area contributed by atoms with Gasteiger partial charge in [0.2, 0.25) is 10.0 Å². The molecule has 2 bridgehead atoms. The Hall–Kier alpha value is -3.56. The second kappa shape index (κ2) is 7.48. The monoisotopic (exact) mass is 474 g/mol. The predicted octanol–water partition coefficient (Wildman–Crippen LogP) is 2.20. The van der Waals surface area contributed by atoms with Crippen LogP contribution in [0.4, 0.5) is 0 Å². The molecule has 0 fully saturated rings. The van der Waals surface area contributed by atoms with Crippen LogP contribution in [0.3, 0.4) is 0 Å². The first-order chi connectivity index (χ1) is 16.3. The Bertz CT molecular complexity index is 1640. The summed E-state index contributed by atoms with van der Waals surface area (Å²) in [7, 11) is -2.45. The summed E-state index contributed by atoms with van der Waals surface area (Å²) in [5.74, 6) is 0.462. The lowest BCUT2D eigenvalue weighted by Gasteiger charge is -2.45. The highest BCUT2D eigenvalue weighted by Gasteiger charge is 2.43. The fourth-order valence-electron chi connectivity index (χ4n) is 5.62. The van der Waals surface area contributed by atoms with E-state index >= 15 is 0 Å². The van der Waals surface area contributed by atoms with Crippen LogP contribution in [0.1, 0.15) is 40.5 Å². The fourth-order valence-corrected chi connectivity index (χ4v) is 6.69. The lowest BCUT2D eigenvalue weighted by molar-refractivity contribution is 0.355. The number of rotatable bonds is 4. The van der Waals surface area contributed by atoms with E-state index in [1.165, 1.54) is 46.1 Å². The maximum absolute atomic E-state index is 13.1. The zero-order valence-electron chi connectivity index (χ0n) is 18.4. The number of fused-ring (bicyclic) bond motifs is 2. The number of aromatic nitrogens is 3. The zero-order chi connectivity index (χ0) is 23.6. The van der Waals surface area contributed by atoms with Gasteiger partial charge in [-0.2, -0.15) is 0 Å². The number of hydrogen-bond acceptors (Lipinski definition) is 5. The van der Waals surface area contributed by atoms with Crippen molar-refractivity contribution in [1.82, 2.24) is 19.3 Å². The number of nitrogens with zero attached hydrogens (tertiary/aromatic N) is 2. The standard InChI is InChI=1S/C25H22N4O4S/c1-29-23-21(24(30)28-25(29)31)11-15(13-26-23)34(32,33)27-12-14-10-20-16-6-2-4-8-18(16)22(14)19-9-5-3-7-17(19)20/h2-9,11,13-14,20,22,27H,10,12H2,1H3,(H,28,30,31). The summed E-state index contributed by atoms with van der Waals surface area (Å²) in [5, 5.41) is 0.0459. The van der Waals surface area contributed by atoms with E-state index in [1.807, 2.05) is 12.1 Å². The number of aryl methyl sites for hydroxylation is 1. The van der Waals surface area contributed by atoms with Gasteiger partial charge in [-0.3, -0.25) is 14.3 Å². The molecule has 9 heteroatoms. The van der Waals surface area contributed by atoms with Gasteiger partial charge in [-0.15, -0.1) is 0 Å². The Morgan fingerprint density at radius 1 is 1.03 bits per heavy atom. The van der Waals surface area contributed by atoms with Crippen molar-refractivity contribution in [2.24, 2.45) is 13.0 Å². The molecule has 0 amide bonds. The summed E-state index contributed by atoms with van der Waals surface area (Å²) in [6.07, 6.45) is 2.04. The van der Waals surface area contributed by atoms with Crippen LogP contribution in [0, 0.1) is 5.92 Å². The first-order valence-corrected chi connectivity index (χ1v) is 12.6. The topological polar surface area (TPSA) is 114 Å². The summed E-state index contributed by atoms with van der Waals surface area (Å²) < 4.78 is 30.2. The normalized spacial score (nSPS) is 20.8. The molecule has 2 N–H and O–H groups in total. The Morgan fingerprint density at radius 3 is 2.29 bits per heavy atom. The maximum atomic E-state index is 13.1. The molecule has 7 rings (SSSR count). The zero-order valence-corrected chi connectivity index (χ0v) is 19.2. The second-order valence-electron chi connectivity index (χ2n) is 9.00. The summed E-state index contributed by atoms with van der Waals surface area (Å²) in [6.45, 7) is 0.272. The highest BCUT2D eigenvalue weighted by atomic mass is 32.2. The molecule has 0 saturated carbocycles. The molecule has 4 aromatic rings. The van der Waals surface area contributed by atoms with Crippen LogP contribution in [0.25, 0.3) is 11.0 Å². The Labute approximate surface area is 195 Å². The van der Waals surface area contributed by atoms with Gasteiger partial charge < -0.3 is 0 Å². The van der Waals surface area contributed by atoms with Gasteiger partial charge in [-0.05, 0) is 40.7 Å². The Kier molecular flexibility index (Phi) is 4.62. The third kappa shape index (κ3) is 3.08. The van der Waals surface area contributed by atoms with Crippen molar-refractivity contribution in [3.8, 4) is 0 Å². The smallest absolute Gasteiger partial charge is 0.281 e. The van der Waals surface area contributed by atoms with Crippen molar-refractivity contribution in [3.05, 3.63) is 104 Å². The van der Waals surface area contributed by atoms with E-state index < -0.39 is 21.3 Å². The van der Waals surface area contributed by atoms with Gasteiger partial charge in [0, 0.05) is 31.6 Å². The molecule has 0 radical (unpaired) electrons. The van der Waals surface area contributed by atoms with E-state index in [0.717, 1.165) is 6.42 Å². The molecule has 1 unspecified atom stereocenters. The molecule has 0 aliphatic heterocycles. The summed E-state index contributed by atoms with van der Waals surface area (Å²) in [6, 6.07) is 18.1. The largest absolute Gasteiger partial charge is 0.329 e. The molecule has 2 heterocycles. The minimum absolute atomic E-state index is 0.0459. The second-order valence-corrected chi connectivity index (χ2v) is 10.8. The lowest BCUT2D eigenvalue weighted by atomic mass is 9.59. The van der Waals surface area contributed by atoms with Gasteiger partial charge in [-0.25, -0.2) is 22.9 Å². The number of benzene rings is 2. The average molecular weight is 475 g/mol. The van der Waals surface area contributed by atoms with Crippen LogP contribution in [0.15, 0.2) is 75.3 Å². The molecule has 8 nitrogen and oxygen atoms in total. The molecule has 2 aromatic carbocycles. The van der Waals surface area contributed by atoms with Crippen molar-refractivity contribution < 1.29 is 8.42 Å². The van der Waals surface area contributed by atoms with Crippen molar-refractivity contribution >= 4 is 21.1 Å². The molecule has 172 valence electrons. The van der Waals surface area contributed by atoms with Crippen molar-refractivity contribution in [2.45, 2.75) is 23.2 Å². The molecule has 34 heavy (non-hydrogen) atoms. The number of hydrogen-bond donors (Lipinski definition) is 2. The fraction of sp³-hybridized carbons (Fsp3) is 0.240. The molecule has 3 aliphatic carbocycles. The minimum atomic E-state index is -3.92. The van der Waals surface area contributed by atoms with Crippen molar-refractivity contribution in [1.29, 1.82) is 0 Å². The number of sulfonamides is 1.